The van der Waals surface area contributed by atoms with Gasteiger partial charge in [0.2, 0.25) is 0 Å². The van der Waals surface area contributed by atoms with Crippen molar-refractivity contribution in [3.63, 3.8) is 0 Å². The molecule has 21 heavy (non-hydrogen) atoms. The number of methoxy groups -OCH3 is 1. The molecule has 1 aromatic rings. The van der Waals surface area contributed by atoms with E-state index >= 15 is 0 Å². The SMILES string of the molecule is CCOc1cncc(C(O)C2(OC)CCC(C)(C)CC2)c1. The lowest BCUT2D eigenvalue weighted by atomic mass is 9.68. The van der Waals surface area contributed by atoms with E-state index in [9.17, 15) is 5.11 Å². The number of aliphatic hydroxyl groups excluding tert-OH is 1. The summed E-state index contributed by atoms with van der Waals surface area (Å²) in [4.78, 5) is 4.17. The molecular formula is C17H27NO3. The minimum absolute atomic E-state index is 0.327. The van der Waals surface area contributed by atoms with E-state index in [-0.39, 0.29) is 0 Å². The van der Waals surface area contributed by atoms with Crippen molar-refractivity contribution in [1.29, 1.82) is 0 Å². The maximum absolute atomic E-state index is 10.8. The molecule has 1 atom stereocenters. The molecule has 1 aliphatic rings. The van der Waals surface area contributed by atoms with Crippen molar-refractivity contribution in [1.82, 2.24) is 4.98 Å². The molecule has 4 nitrogen and oxygen atoms in total. The van der Waals surface area contributed by atoms with Gasteiger partial charge in [0.05, 0.1) is 18.4 Å². The van der Waals surface area contributed by atoms with Gasteiger partial charge in [0, 0.05) is 18.9 Å². The standard InChI is InChI=1S/C17H27NO3/c1-5-21-14-10-13(11-18-12-14)15(19)17(20-4)8-6-16(2,3)7-9-17/h10-12,15,19H,5-9H2,1-4H3. The number of hydrogen-bond donors (Lipinski definition) is 1. The number of pyridine rings is 1. The van der Waals surface area contributed by atoms with Crippen LogP contribution in [0.5, 0.6) is 5.75 Å². The van der Waals surface area contributed by atoms with Crippen LogP contribution in [0.25, 0.3) is 0 Å². The molecule has 0 amide bonds. The summed E-state index contributed by atoms with van der Waals surface area (Å²) in [5.74, 6) is 0.691. The van der Waals surface area contributed by atoms with Crippen LogP contribution in [0, 0.1) is 5.41 Å². The lowest BCUT2D eigenvalue weighted by Gasteiger charge is -2.45. The van der Waals surface area contributed by atoms with Crippen LogP contribution in [-0.2, 0) is 4.74 Å². The molecule has 118 valence electrons. The summed E-state index contributed by atoms with van der Waals surface area (Å²) in [5.41, 5.74) is 0.581. The minimum Gasteiger partial charge on any atom is -0.492 e. The van der Waals surface area contributed by atoms with Gasteiger partial charge in [-0.25, -0.2) is 0 Å². The maximum atomic E-state index is 10.8. The van der Waals surface area contributed by atoms with Gasteiger partial charge in [-0.15, -0.1) is 0 Å². The van der Waals surface area contributed by atoms with Gasteiger partial charge in [-0.2, -0.15) is 0 Å². The van der Waals surface area contributed by atoms with Crippen LogP contribution in [0.2, 0.25) is 0 Å². The molecule has 1 N–H and O–H groups in total. The summed E-state index contributed by atoms with van der Waals surface area (Å²) >= 11 is 0. The average molecular weight is 293 g/mol. The van der Waals surface area contributed by atoms with E-state index in [2.05, 4.69) is 18.8 Å². The van der Waals surface area contributed by atoms with E-state index in [1.807, 2.05) is 13.0 Å². The molecule has 1 fully saturated rings. The molecule has 1 saturated carbocycles. The van der Waals surface area contributed by atoms with Crippen molar-refractivity contribution in [2.75, 3.05) is 13.7 Å². The fraction of sp³-hybridized carbons (Fsp3) is 0.706. The Kier molecular flexibility index (Phi) is 4.89. The van der Waals surface area contributed by atoms with Gasteiger partial charge in [0.1, 0.15) is 11.9 Å². The Hall–Kier alpha value is -1.13. The molecule has 1 aliphatic carbocycles. The lowest BCUT2D eigenvalue weighted by molar-refractivity contribution is -0.138. The third kappa shape index (κ3) is 3.55. The van der Waals surface area contributed by atoms with E-state index in [4.69, 9.17) is 9.47 Å². The van der Waals surface area contributed by atoms with Crippen LogP contribution in [-0.4, -0.2) is 29.4 Å². The highest BCUT2D eigenvalue weighted by molar-refractivity contribution is 5.27. The third-order valence-corrected chi connectivity index (χ3v) is 4.72. The van der Waals surface area contributed by atoms with E-state index in [0.717, 1.165) is 31.2 Å². The summed E-state index contributed by atoms with van der Waals surface area (Å²) < 4.78 is 11.2. The van der Waals surface area contributed by atoms with Gasteiger partial charge in [-0.05, 0) is 44.1 Å². The summed E-state index contributed by atoms with van der Waals surface area (Å²) in [6, 6.07) is 1.86. The Bertz CT molecular complexity index is 463. The Balaban J connectivity index is 2.20. The summed E-state index contributed by atoms with van der Waals surface area (Å²) in [5, 5.41) is 10.8. The molecule has 0 saturated heterocycles. The normalized spacial score (nSPS) is 21.8. The summed E-state index contributed by atoms with van der Waals surface area (Å²) in [6.07, 6.45) is 6.52. The highest BCUT2D eigenvalue weighted by atomic mass is 16.5. The zero-order valence-electron chi connectivity index (χ0n) is 13.6. The number of ether oxygens (including phenoxy) is 2. The Morgan fingerprint density at radius 3 is 2.48 bits per heavy atom. The largest absolute Gasteiger partial charge is 0.492 e. The topological polar surface area (TPSA) is 51.6 Å². The molecular weight excluding hydrogens is 266 g/mol. The zero-order chi connectivity index (χ0) is 15.5. The van der Waals surface area contributed by atoms with E-state index < -0.39 is 11.7 Å². The minimum atomic E-state index is -0.675. The number of rotatable bonds is 5. The van der Waals surface area contributed by atoms with Gasteiger partial charge < -0.3 is 14.6 Å². The second kappa shape index (κ2) is 6.32. The van der Waals surface area contributed by atoms with E-state index in [1.54, 1.807) is 19.5 Å². The first-order chi connectivity index (χ1) is 9.92. The van der Waals surface area contributed by atoms with Crippen LogP contribution >= 0.6 is 0 Å². The first-order valence-corrected chi connectivity index (χ1v) is 7.73. The van der Waals surface area contributed by atoms with Gasteiger partial charge >= 0.3 is 0 Å². The van der Waals surface area contributed by atoms with Crippen molar-refractivity contribution in [3.05, 3.63) is 24.0 Å². The fourth-order valence-electron chi connectivity index (χ4n) is 3.07. The third-order valence-electron chi connectivity index (χ3n) is 4.72. The first kappa shape index (κ1) is 16.2. The van der Waals surface area contributed by atoms with Crippen molar-refractivity contribution in [2.45, 2.75) is 58.2 Å². The van der Waals surface area contributed by atoms with Crippen molar-refractivity contribution in [3.8, 4) is 5.75 Å². The highest BCUT2D eigenvalue weighted by Gasteiger charge is 2.44. The lowest BCUT2D eigenvalue weighted by Crippen LogP contribution is -2.44. The van der Waals surface area contributed by atoms with Crippen LogP contribution in [0.3, 0.4) is 0 Å². The van der Waals surface area contributed by atoms with Crippen molar-refractivity contribution in [2.24, 2.45) is 5.41 Å². The molecule has 0 bridgehead atoms. The monoisotopic (exact) mass is 293 g/mol. The van der Waals surface area contributed by atoms with Crippen LogP contribution in [0.1, 0.15) is 58.1 Å². The molecule has 2 rings (SSSR count). The average Bonchev–Trinajstić information content (AvgIpc) is 2.48. The molecule has 1 heterocycles. The smallest absolute Gasteiger partial charge is 0.137 e. The van der Waals surface area contributed by atoms with E-state index in [1.165, 1.54) is 0 Å². The highest BCUT2D eigenvalue weighted by Crippen LogP contribution is 2.47. The molecule has 0 radical (unpaired) electrons. The van der Waals surface area contributed by atoms with Crippen LogP contribution in [0.4, 0.5) is 0 Å². The van der Waals surface area contributed by atoms with Gasteiger partial charge in [-0.1, -0.05) is 13.8 Å². The van der Waals surface area contributed by atoms with Gasteiger partial charge in [0.15, 0.2) is 0 Å². The van der Waals surface area contributed by atoms with Gasteiger partial charge in [-0.3, -0.25) is 4.98 Å². The number of hydrogen-bond acceptors (Lipinski definition) is 4. The van der Waals surface area contributed by atoms with Crippen LogP contribution < -0.4 is 4.74 Å². The molecule has 1 unspecified atom stereocenters. The second-order valence-corrected chi connectivity index (χ2v) is 6.72. The Morgan fingerprint density at radius 2 is 1.90 bits per heavy atom. The zero-order valence-corrected chi connectivity index (χ0v) is 13.6. The Morgan fingerprint density at radius 1 is 1.24 bits per heavy atom. The molecule has 0 aromatic carbocycles. The quantitative estimate of drug-likeness (QED) is 0.902. The molecule has 0 spiro atoms. The second-order valence-electron chi connectivity index (χ2n) is 6.72. The van der Waals surface area contributed by atoms with Gasteiger partial charge in [0.25, 0.3) is 0 Å². The maximum Gasteiger partial charge on any atom is 0.137 e. The van der Waals surface area contributed by atoms with E-state index in [0.29, 0.717) is 17.8 Å². The Labute approximate surface area is 127 Å². The summed E-state index contributed by atoms with van der Waals surface area (Å²) in [7, 11) is 1.70. The molecule has 1 aromatic heterocycles. The predicted molar refractivity (Wildman–Crippen MR) is 82.4 cm³/mol. The number of aromatic nitrogens is 1. The summed E-state index contributed by atoms with van der Waals surface area (Å²) in [6.45, 7) is 7.07. The molecule has 0 aliphatic heterocycles. The number of nitrogens with zero attached hydrogens (tertiary/aromatic N) is 1. The predicted octanol–water partition coefficient (Wildman–Crippen LogP) is 3.50. The van der Waals surface area contributed by atoms with Crippen molar-refractivity contribution >= 4 is 0 Å². The first-order valence-electron chi connectivity index (χ1n) is 7.73. The number of aliphatic hydroxyl groups is 1. The molecule has 4 heteroatoms. The van der Waals surface area contributed by atoms with Crippen LogP contribution in [0.15, 0.2) is 18.5 Å². The van der Waals surface area contributed by atoms with Crippen molar-refractivity contribution < 1.29 is 14.6 Å². The fourth-order valence-corrected chi connectivity index (χ4v) is 3.07.